The second kappa shape index (κ2) is 7.72. The summed E-state index contributed by atoms with van der Waals surface area (Å²) in [5.74, 6) is 0.144. The van der Waals surface area contributed by atoms with Gasteiger partial charge in [0.1, 0.15) is 0 Å². The van der Waals surface area contributed by atoms with Crippen LogP contribution in [0.1, 0.15) is 49.1 Å². The molecule has 1 aliphatic rings. The Bertz CT molecular complexity index is 420. The number of hydrogen-bond donors (Lipinski definition) is 1. The normalized spacial score (nSPS) is 16.3. The summed E-state index contributed by atoms with van der Waals surface area (Å²) in [6.07, 6.45) is 7.68. The number of furan rings is 1. The van der Waals surface area contributed by atoms with Gasteiger partial charge in [-0.2, -0.15) is 0 Å². The second-order valence-electron chi connectivity index (χ2n) is 5.13. The van der Waals surface area contributed by atoms with Gasteiger partial charge in [0.05, 0.1) is 6.26 Å². The van der Waals surface area contributed by atoms with Gasteiger partial charge in [0.25, 0.3) is 5.91 Å². The van der Waals surface area contributed by atoms with Gasteiger partial charge in [0.15, 0.2) is 5.76 Å². The summed E-state index contributed by atoms with van der Waals surface area (Å²) in [6, 6.07) is 3.27. The smallest absolute Gasteiger partial charge is 0.286 e. The van der Waals surface area contributed by atoms with Gasteiger partial charge in [0, 0.05) is 26.1 Å². The molecule has 0 aliphatic carbocycles. The molecule has 0 radical (unpaired) electrons. The topological polar surface area (TPSA) is 62.6 Å². The first-order chi connectivity index (χ1) is 9.77. The number of likely N-dealkylation sites (tertiary alicyclic amines) is 1. The van der Waals surface area contributed by atoms with E-state index in [2.05, 4.69) is 5.32 Å². The predicted molar refractivity (Wildman–Crippen MR) is 75.3 cm³/mol. The molecule has 1 aromatic heterocycles. The minimum Gasteiger partial charge on any atom is -0.459 e. The Balaban J connectivity index is 1.70. The van der Waals surface area contributed by atoms with Gasteiger partial charge < -0.3 is 14.6 Å². The second-order valence-corrected chi connectivity index (χ2v) is 5.13. The zero-order valence-corrected chi connectivity index (χ0v) is 11.8. The molecule has 2 rings (SSSR count). The van der Waals surface area contributed by atoms with E-state index in [1.165, 1.54) is 25.5 Å². The van der Waals surface area contributed by atoms with E-state index in [4.69, 9.17) is 4.42 Å². The molecule has 0 spiro atoms. The molecule has 5 heteroatoms. The summed E-state index contributed by atoms with van der Waals surface area (Å²) in [5, 5.41) is 2.70. The highest BCUT2D eigenvalue weighted by molar-refractivity contribution is 5.91. The molecule has 0 bridgehead atoms. The van der Waals surface area contributed by atoms with Crippen LogP contribution in [0.2, 0.25) is 0 Å². The van der Waals surface area contributed by atoms with E-state index in [1.807, 2.05) is 4.90 Å². The summed E-state index contributed by atoms with van der Waals surface area (Å²) in [4.78, 5) is 25.6. The first-order valence-corrected chi connectivity index (χ1v) is 7.37. The van der Waals surface area contributed by atoms with Crippen LogP contribution in [0.5, 0.6) is 0 Å². The third-order valence-electron chi connectivity index (χ3n) is 3.58. The van der Waals surface area contributed by atoms with E-state index in [9.17, 15) is 9.59 Å². The van der Waals surface area contributed by atoms with Crippen molar-refractivity contribution in [3.8, 4) is 0 Å². The van der Waals surface area contributed by atoms with Gasteiger partial charge in [-0.3, -0.25) is 9.59 Å². The lowest BCUT2D eigenvalue weighted by atomic mass is 10.1. The molecule has 110 valence electrons. The van der Waals surface area contributed by atoms with Crippen LogP contribution in [0, 0.1) is 0 Å². The molecule has 1 fully saturated rings. The molecule has 2 amide bonds. The minimum atomic E-state index is -0.268. The van der Waals surface area contributed by atoms with Gasteiger partial charge in [-0.25, -0.2) is 0 Å². The van der Waals surface area contributed by atoms with Gasteiger partial charge in [0.2, 0.25) is 5.91 Å². The molecule has 1 aromatic rings. The molecule has 0 aromatic carbocycles. The highest BCUT2D eigenvalue weighted by Crippen LogP contribution is 2.11. The van der Waals surface area contributed by atoms with E-state index < -0.39 is 0 Å². The largest absolute Gasteiger partial charge is 0.459 e. The summed E-state index contributed by atoms with van der Waals surface area (Å²) in [7, 11) is 0. The van der Waals surface area contributed by atoms with Crippen LogP contribution in [0.15, 0.2) is 22.8 Å². The average Bonchev–Trinajstić information content (AvgIpc) is 2.91. The number of carbonyl (C=O) groups is 2. The first kappa shape index (κ1) is 14.6. The van der Waals surface area contributed by atoms with Crippen LogP contribution in [-0.4, -0.2) is 36.3 Å². The highest BCUT2D eigenvalue weighted by Gasteiger charge is 2.15. The van der Waals surface area contributed by atoms with Crippen LogP contribution >= 0.6 is 0 Å². The van der Waals surface area contributed by atoms with Crippen LogP contribution in [0.4, 0.5) is 0 Å². The monoisotopic (exact) mass is 278 g/mol. The van der Waals surface area contributed by atoms with Crippen molar-refractivity contribution in [3.63, 3.8) is 0 Å². The molecule has 2 heterocycles. The van der Waals surface area contributed by atoms with Crippen LogP contribution in [-0.2, 0) is 4.79 Å². The maximum absolute atomic E-state index is 12.1. The van der Waals surface area contributed by atoms with Crippen molar-refractivity contribution in [2.24, 2.45) is 0 Å². The zero-order valence-electron chi connectivity index (χ0n) is 11.8. The fraction of sp³-hybridized carbons (Fsp3) is 0.600. The fourth-order valence-corrected chi connectivity index (χ4v) is 2.43. The summed E-state index contributed by atoms with van der Waals surface area (Å²) >= 11 is 0. The Labute approximate surface area is 119 Å². The van der Waals surface area contributed by atoms with Crippen molar-refractivity contribution in [2.75, 3.05) is 19.6 Å². The molecule has 1 saturated heterocycles. The van der Waals surface area contributed by atoms with Crippen LogP contribution < -0.4 is 5.32 Å². The lowest BCUT2D eigenvalue weighted by Crippen LogP contribution is -2.36. The molecular weight excluding hydrogens is 256 g/mol. The first-order valence-electron chi connectivity index (χ1n) is 7.37. The lowest BCUT2D eigenvalue weighted by Gasteiger charge is -2.24. The van der Waals surface area contributed by atoms with Crippen molar-refractivity contribution in [3.05, 3.63) is 24.2 Å². The Hall–Kier alpha value is -1.78. The molecule has 1 N–H and O–H groups in total. The van der Waals surface area contributed by atoms with E-state index in [0.29, 0.717) is 13.0 Å². The molecule has 1 aliphatic heterocycles. The number of hydrogen-bond acceptors (Lipinski definition) is 3. The maximum Gasteiger partial charge on any atom is 0.286 e. The Morgan fingerprint density at radius 3 is 2.50 bits per heavy atom. The van der Waals surface area contributed by atoms with Crippen LogP contribution in [0.25, 0.3) is 0 Å². The molecule has 0 saturated carbocycles. The minimum absolute atomic E-state index is 0.131. The number of amides is 2. The van der Waals surface area contributed by atoms with Gasteiger partial charge in [-0.1, -0.05) is 19.3 Å². The van der Waals surface area contributed by atoms with Crippen molar-refractivity contribution in [1.29, 1.82) is 0 Å². The molecule has 0 unspecified atom stereocenters. The molecule has 20 heavy (non-hydrogen) atoms. The highest BCUT2D eigenvalue weighted by atomic mass is 16.3. The SMILES string of the molecule is O=C(NCCC(=O)N1CCCCCCC1)c1ccco1. The number of carbonyl (C=O) groups excluding carboxylic acids is 2. The van der Waals surface area contributed by atoms with Gasteiger partial charge in [-0.05, 0) is 25.0 Å². The fourth-order valence-electron chi connectivity index (χ4n) is 2.43. The molecule has 5 nitrogen and oxygen atoms in total. The van der Waals surface area contributed by atoms with E-state index in [-0.39, 0.29) is 17.6 Å². The molecular formula is C15H22N2O3. The van der Waals surface area contributed by atoms with Gasteiger partial charge >= 0.3 is 0 Å². The third kappa shape index (κ3) is 4.40. The standard InChI is InChI=1S/C15H22N2O3/c18-14(17-10-4-2-1-3-5-11-17)8-9-16-15(19)13-7-6-12-20-13/h6-7,12H,1-5,8-11H2,(H,16,19). The van der Waals surface area contributed by atoms with Gasteiger partial charge in [-0.15, -0.1) is 0 Å². The number of nitrogens with zero attached hydrogens (tertiary/aromatic N) is 1. The van der Waals surface area contributed by atoms with E-state index >= 15 is 0 Å². The summed E-state index contributed by atoms with van der Waals surface area (Å²) < 4.78 is 4.99. The van der Waals surface area contributed by atoms with E-state index in [0.717, 1.165) is 25.9 Å². The Kier molecular flexibility index (Phi) is 5.65. The summed E-state index contributed by atoms with van der Waals surface area (Å²) in [5.41, 5.74) is 0. The van der Waals surface area contributed by atoms with Crippen LogP contribution in [0.3, 0.4) is 0 Å². The van der Waals surface area contributed by atoms with Crippen molar-refractivity contribution < 1.29 is 14.0 Å². The average molecular weight is 278 g/mol. The third-order valence-corrected chi connectivity index (χ3v) is 3.58. The maximum atomic E-state index is 12.1. The Morgan fingerprint density at radius 1 is 1.15 bits per heavy atom. The predicted octanol–water partition coefficient (Wildman–Crippen LogP) is 2.19. The number of nitrogens with one attached hydrogen (secondary N) is 1. The van der Waals surface area contributed by atoms with Crippen molar-refractivity contribution >= 4 is 11.8 Å². The lowest BCUT2D eigenvalue weighted by molar-refractivity contribution is -0.131. The van der Waals surface area contributed by atoms with Crippen molar-refractivity contribution in [2.45, 2.75) is 38.5 Å². The number of rotatable bonds is 4. The quantitative estimate of drug-likeness (QED) is 0.918. The van der Waals surface area contributed by atoms with Crippen molar-refractivity contribution in [1.82, 2.24) is 10.2 Å². The Morgan fingerprint density at radius 2 is 1.85 bits per heavy atom. The zero-order chi connectivity index (χ0) is 14.2. The van der Waals surface area contributed by atoms with E-state index in [1.54, 1.807) is 12.1 Å². The summed E-state index contributed by atoms with van der Waals surface area (Å²) in [6.45, 7) is 2.06. The molecule has 0 atom stereocenters.